The molecule has 0 fully saturated rings. The van der Waals surface area contributed by atoms with Gasteiger partial charge in [-0.25, -0.2) is 0 Å². The Kier molecular flexibility index (Phi) is 23.3. The molecule has 0 aliphatic rings. The van der Waals surface area contributed by atoms with Crippen molar-refractivity contribution in [3.63, 3.8) is 0 Å². The summed E-state index contributed by atoms with van der Waals surface area (Å²) in [4.78, 5) is 23.0. The lowest BCUT2D eigenvalue weighted by Gasteiger charge is -2.25. The van der Waals surface area contributed by atoms with Crippen molar-refractivity contribution in [2.45, 2.75) is 188 Å². The van der Waals surface area contributed by atoms with E-state index in [2.05, 4.69) is 34.6 Å². The number of carbonyl (C=O) groups excluding carboxylic acids is 1. The molecular formula is C33H64O4. The van der Waals surface area contributed by atoms with Crippen LogP contribution in [0.4, 0.5) is 0 Å². The van der Waals surface area contributed by atoms with Crippen molar-refractivity contribution in [3.05, 3.63) is 0 Å². The Morgan fingerprint density at radius 3 is 1.57 bits per heavy atom. The molecule has 37 heavy (non-hydrogen) atoms. The summed E-state index contributed by atoms with van der Waals surface area (Å²) < 4.78 is 5.87. The molecule has 0 spiro atoms. The number of esters is 1. The Morgan fingerprint density at radius 2 is 1.11 bits per heavy atom. The highest BCUT2D eigenvalue weighted by molar-refractivity contribution is 5.70. The lowest BCUT2D eigenvalue weighted by molar-refractivity contribution is -0.150. The van der Waals surface area contributed by atoms with Gasteiger partial charge in [0.15, 0.2) is 0 Å². The zero-order valence-corrected chi connectivity index (χ0v) is 25.6. The second-order valence-electron chi connectivity index (χ2n) is 12.9. The molecule has 1 N–H and O–H groups in total. The van der Waals surface area contributed by atoms with Crippen molar-refractivity contribution < 1.29 is 19.4 Å². The molecule has 0 saturated carbocycles. The van der Waals surface area contributed by atoms with Crippen LogP contribution in [0.15, 0.2) is 0 Å². The number of hydrogen-bond donors (Lipinski definition) is 1. The van der Waals surface area contributed by atoms with Crippen molar-refractivity contribution in [1.82, 2.24) is 0 Å². The van der Waals surface area contributed by atoms with Gasteiger partial charge in [-0.3, -0.25) is 9.59 Å². The Morgan fingerprint density at radius 1 is 0.649 bits per heavy atom. The van der Waals surface area contributed by atoms with Gasteiger partial charge in [0.2, 0.25) is 0 Å². The summed E-state index contributed by atoms with van der Waals surface area (Å²) in [6.07, 6.45) is 26.1. The number of hydrogen-bond acceptors (Lipinski definition) is 3. The topological polar surface area (TPSA) is 63.6 Å². The predicted molar refractivity (Wildman–Crippen MR) is 158 cm³/mol. The summed E-state index contributed by atoms with van der Waals surface area (Å²) in [5.74, 6) is -0.329. The minimum absolute atomic E-state index is 0.0105. The van der Waals surface area contributed by atoms with Crippen LogP contribution in [0.2, 0.25) is 0 Å². The Bertz CT molecular complexity index is 537. The number of unbranched alkanes of at least 4 members (excludes halogenated alkanes) is 15. The van der Waals surface area contributed by atoms with Crippen LogP contribution >= 0.6 is 0 Å². The third kappa shape index (κ3) is 27.8. The quantitative estimate of drug-likeness (QED) is 0.0902. The van der Waals surface area contributed by atoms with Crippen LogP contribution in [0.5, 0.6) is 0 Å². The summed E-state index contributed by atoms with van der Waals surface area (Å²) in [5.41, 5.74) is 0.323. The first-order chi connectivity index (χ1) is 17.6. The average Bonchev–Trinajstić information content (AvgIpc) is 2.81. The van der Waals surface area contributed by atoms with Crippen LogP contribution in [0.1, 0.15) is 182 Å². The van der Waals surface area contributed by atoms with Crippen molar-refractivity contribution in [2.75, 3.05) is 0 Å². The lowest BCUT2D eigenvalue weighted by Crippen LogP contribution is -2.20. The fraction of sp³-hybridized carbons (Fsp3) is 0.939. The Hall–Kier alpha value is -1.06. The first kappa shape index (κ1) is 35.9. The molecule has 2 unspecified atom stereocenters. The summed E-state index contributed by atoms with van der Waals surface area (Å²) in [6.45, 7) is 11.4. The minimum atomic E-state index is -0.799. The van der Waals surface area contributed by atoms with E-state index in [0.717, 1.165) is 25.7 Å². The van der Waals surface area contributed by atoms with Crippen molar-refractivity contribution in [2.24, 2.45) is 11.3 Å². The van der Waals surface area contributed by atoms with Crippen LogP contribution in [0.25, 0.3) is 0 Å². The van der Waals surface area contributed by atoms with Gasteiger partial charge in [0, 0.05) is 12.8 Å². The SMILES string of the molecule is CCCCCCCCCCCCCCCCCC(CCC(C)CC(C)(C)C)OC(=O)CCCCC(=O)O. The van der Waals surface area contributed by atoms with Gasteiger partial charge in [0.25, 0.3) is 0 Å². The maximum absolute atomic E-state index is 12.4. The van der Waals surface area contributed by atoms with E-state index in [-0.39, 0.29) is 18.5 Å². The van der Waals surface area contributed by atoms with Crippen LogP contribution in [0.3, 0.4) is 0 Å². The molecule has 0 aromatic rings. The molecular weight excluding hydrogens is 460 g/mol. The Balaban J connectivity index is 4.04. The normalized spacial score (nSPS) is 13.4. The van der Waals surface area contributed by atoms with Crippen molar-refractivity contribution >= 4 is 11.9 Å². The van der Waals surface area contributed by atoms with E-state index in [4.69, 9.17) is 9.84 Å². The van der Waals surface area contributed by atoms with Crippen LogP contribution in [0, 0.1) is 11.3 Å². The second-order valence-corrected chi connectivity index (χ2v) is 12.9. The first-order valence-corrected chi connectivity index (χ1v) is 16.0. The molecule has 0 heterocycles. The van der Waals surface area contributed by atoms with Gasteiger partial charge in [-0.2, -0.15) is 0 Å². The number of carboxylic acids is 1. The summed E-state index contributed by atoms with van der Waals surface area (Å²) in [5, 5.41) is 8.77. The number of ether oxygens (including phenoxy) is 1. The summed E-state index contributed by atoms with van der Waals surface area (Å²) >= 11 is 0. The lowest BCUT2D eigenvalue weighted by atomic mass is 9.83. The molecule has 4 nitrogen and oxygen atoms in total. The second kappa shape index (κ2) is 24.0. The van der Waals surface area contributed by atoms with E-state index in [1.807, 2.05) is 0 Å². The van der Waals surface area contributed by atoms with Crippen LogP contribution in [-0.2, 0) is 14.3 Å². The van der Waals surface area contributed by atoms with E-state index >= 15 is 0 Å². The van der Waals surface area contributed by atoms with E-state index in [9.17, 15) is 9.59 Å². The standard InChI is InChI=1S/C33H64O4/c1-6-7-8-9-10-11-12-13-14-15-16-17-18-19-20-23-30(27-26-29(2)28-33(3,4)5)37-32(36)25-22-21-24-31(34)35/h29-30H,6-28H2,1-5H3,(H,34,35). The summed E-state index contributed by atoms with van der Waals surface area (Å²) in [6, 6.07) is 0. The third-order valence-corrected chi connectivity index (χ3v) is 7.39. The van der Waals surface area contributed by atoms with Gasteiger partial charge in [0.1, 0.15) is 6.10 Å². The highest BCUT2D eigenvalue weighted by Crippen LogP contribution is 2.28. The maximum Gasteiger partial charge on any atom is 0.306 e. The van der Waals surface area contributed by atoms with Crippen molar-refractivity contribution in [3.8, 4) is 0 Å². The molecule has 0 aromatic heterocycles. The average molecular weight is 525 g/mol. The number of carbonyl (C=O) groups is 2. The largest absolute Gasteiger partial charge is 0.481 e. The van der Waals surface area contributed by atoms with Crippen LogP contribution in [-0.4, -0.2) is 23.1 Å². The highest BCUT2D eigenvalue weighted by atomic mass is 16.5. The minimum Gasteiger partial charge on any atom is -0.481 e. The van der Waals surface area contributed by atoms with E-state index in [1.54, 1.807) is 0 Å². The molecule has 0 aromatic carbocycles. The fourth-order valence-corrected chi connectivity index (χ4v) is 5.41. The Labute approximate surface area is 231 Å². The molecule has 0 aliphatic heterocycles. The van der Waals surface area contributed by atoms with E-state index in [1.165, 1.54) is 96.3 Å². The molecule has 0 amide bonds. The first-order valence-electron chi connectivity index (χ1n) is 16.0. The van der Waals surface area contributed by atoms with Gasteiger partial charge in [-0.1, -0.05) is 125 Å². The van der Waals surface area contributed by atoms with E-state index in [0.29, 0.717) is 30.6 Å². The van der Waals surface area contributed by atoms with Crippen molar-refractivity contribution in [1.29, 1.82) is 0 Å². The maximum atomic E-state index is 12.4. The van der Waals surface area contributed by atoms with Crippen LogP contribution < -0.4 is 0 Å². The van der Waals surface area contributed by atoms with Gasteiger partial charge >= 0.3 is 11.9 Å². The zero-order valence-electron chi connectivity index (χ0n) is 25.6. The number of rotatable bonds is 26. The summed E-state index contributed by atoms with van der Waals surface area (Å²) in [7, 11) is 0. The monoisotopic (exact) mass is 524 g/mol. The molecule has 0 bridgehead atoms. The molecule has 0 saturated heterocycles. The van der Waals surface area contributed by atoms with Gasteiger partial charge in [-0.05, 0) is 56.3 Å². The number of aliphatic carboxylic acids is 1. The molecule has 2 atom stereocenters. The highest BCUT2D eigenvalue weighted by Gasteiger charge is 2.19. The zero-order chi connectivity index (χ0) is 27.8. The van der Waals surface area contributed by atoms with Gasteiger partial charge < -0.3 is 9.84 Å². The van der Waals surface area contributed by atoms with Gasteiger partial charge in [0.05, 0.1) is 0 Å². The third-order valence-electron chi connectivity index (χ3n) is 7.39. The van der Waals surface area contributed by atoms with Gasteiger partial charge in [-0.15, -0.1) is 0 Å². The molecule has 4 heteroatoms. The molecule has 0 radical (unpaired) electrons. The van der Waals surface area contributed by atoms with E-state index < -0.39 is 5.97 Å². The molecule has 220 valence electrons. The predicted octanol–water partition coefficient (Wildman–Crippen LogP) is 10.7. The number of carboxylic acid groups (broad SMARTS) is 1. The molecule has 0 aliphatic carbocycles. The fourth-order valence-electron chi connectivity index (χ4n) is 5.41. The smallest absolute Gasteiger partial charge is 0.306 e. The molecule has 0 rings (SSSR count).